The van der Waals surface area contributed by atoms with Crippen LogP contribution in [0.1, 0.15) is 29.0 Å². The normalized spacial score (nSPS) is 17.1. The molecule has 1 aliphatic heterocycles. The van der Waals surface area contributed by atoms with Gasteiger partial charge < -0.3 is 10.6 Å². The quantitative estimate of drug-likeness (QED) is 0.924. The zero-order valence-corrected chi connectivity index (χ0v) is 14.0. The molecule has 2 amide bonds. The van der Waals surface area contributed by atoms with E-state index < -0.39 is 11.9 Å². The first-order chi connectivity index (χ1) is 11.5. The predicted molar refractivity (Wildman–Crippen MR) is 90.5 cm³/mol. The molecule has 0 radical (unpaired) electrons. The van der Waals surface area contributed by atoms with Gasteiger partial charge in [-0.05, 0) is 50.1 Å². The Labute approximate surface area is 144 Å². The molecule has 0 bridgehead atoms. The maximum Gasteiger partial charge on any atom is 0.273 e. The van der Waals surface area contributed by atoms with E-state index in [4.69, 9.17) is 17.3 Å². The molecule has 2 heterocycles. The minimum Gasteiger partial charge on any atom is -0.368 e. The summed E-state index contributed by atoms with van der Waals surface area (Å²) in [5, 5.41) is 0.615. The molecule has 0 aliphatic carbocycles. The second kappa shape index (κ2) is 6.57. The highest BCUT2D eigenvalue weighted by Crippen LogP contribution is 2.22. The van der Waals surface area contributed by atoms with Crippen molar-refractivity contribution in [3.63, 3.8) is 0 Å². The van der Waals surface area contributed by atoms with Crippen molar-refractivity contribution in [1.82, 2.24) is 14.9 Å². The van der Waals surface area contributed by atoms with Gasteiger partial charge in [0.15, 0.2) is 5.82 Å². The summed E-state index contributed by atoms with van der Waals surface area (Å²) in [6, 6.07) is 8.15. The fourth-order valence-electron chi connectivity index (χ4n) is 2.86. The maximum atomic E-state index is 12.8. The van der Waals surface area contributed by atoms with Gasteiger partial charge in [0, 0.05) is 22.8 Å². The van der Waals surface area contributed by atoms with Crippen LogP contribution in [0.4, 0.5) is 0 Å². The Hall–Kier alpha value is -2.47. The number of aromatic nitrogens is 2. The van der Waals surface area contributed by atoms with Crippen LogP contribution in [0.15, 0.2) is 30.3 Å². The number of nitrogens with two attached hydrogens (primary N) is 1. The van der Waals surface area contributed by atoms with Crippen LogP contribution < -0.4 is 5.73 Å². The lowest BCUT2D eigenvalue weighted by atomic mass is 10.2. The lowest BCUT2D eigenvalue weighted by molar-refractivity contribution is -0.121. The first-order valence-electron chi connectivity index (χ1n) is 7.67. The predicted octanol–water partition coefficient (Wildman–Crippen LogP) is 2.20. The Kier molecular flexibility index (Phi) is 4.49. The van der Waals surface area contributed by atoms with E-state index in [1.165, 1.54) is 4.90 Å². The zero-order valence-electron chi connectivity index (χ0n) is 13.2. The molecule has 1 aromatic carbocycles. The summed E-state index contributed by atoms with van der Waals surface area (Å²) in [5.74, 6) is -0.327. The highest BCUT2D eigenvalue weighted by Gasteiger charge is 2.34. The van der Waals surface area contributed by atoms with Crippen molar-refractivity contribution in [2.75, 3.05) is 6.54 Å². The Morgan fingerprint density at radius 1 is 1.25 bits per heavy atom. The number of rotatable bonds is 3. The Morgan fingerprint density at radius 3 is 2.62 bits per heavy atom. The minimum absolute atomic E-state index is 0.264. The highest BCUT2D eigenvalue weighted by atomic mass is 35.5. The van der Waals surface area contributed by atoms with Crippen LogP contribution in [0.2, 0.25) is 5.02 Å². The standard InChI is InChI=1S/C17H17ClN4O2/c1-10-9-13(17(24)22-8-2-3-14(22)15(19)23)21-16(20-10)11-4-6-12(18)7-5-11/h4-7,9,14H,2-3,8H2,1H3,(H2,19,23)/t14-/m0/s1. The van der Waals surface area contributed by atoms with E-state index in [2.05, 4.69) is 9.97 Å². The number of aryl methyl sites for hydroxylation is 1. The van der Waals surface area contributed by atoms with Crippen LogP contribution in [-0.4, -0.2) is 39.3 Å². The molecule has 7 heteroatoms. The average Bonchev–Trinajstić information content (AvgIpc) is 3.04. The molecular weight excluding hydrogens is 328 g/mol. The van der Waals surface area contributed by atoms with E-state index >= 15 is 0 Å². The minimum atomic E-state index is -0.563. The number of halogens is 1. The highest BCUT2D eigenvalue weighted by molar-refractivity contribution is 6.30. The summed E-state index contributed by atoms with van der Waals surface area (Å²) in [6.45, 7) is 2.30. The van der Waals surface area contributed by atoms with Gasteiger partial charge in [-0.25, -0.2) is 9.97 Å². The fraction of sp³-hybridized carbons (Fsp3) is 0.294. The van der Waals surface area contributed by atoms with Gasteiger partial charge >= 0.3 is 0 Å². The van der Waals surface area contributed by atoms with Crippen molar-refractivity contribution < 1.29 is 9.59 Å². The molecule has 24 heavy (non-hydrogen) atoms. The van der Waals surface area contributed by atoms with E-state index in [9.17, 15) is 9.59 Å². The SMILES string of the molecule is Cc1cc(C(=O)N2CCC[C@H]2C(N)=O)nc(-c2ccc(Cl)cc2)n1. The number of likely N-dealkylation sites (tertiary alicyclic amines) is 1. The fourth-order valence-corrected chi connectivity index (χ4v) is 2.98. The molecule has 1 atom stereocenters. The van der Waals surface area contributed by atoms with Gasteiger partial charge in [-0.1, -0.05) is 11.6 Å². The van der Waals surface area contributed by atoms with Crippen LogP contribution in [0, 0.1) is 6.92 Å². The van der Waals surface area contributed by atoms with Crippen molar-refractivity contribution in [2.24, 2.45) is 5.73 Å². The Morgan fingerprint density at radius 2 is 1.96 bits per heavy atom. The Balaban J connectivity index is 1.95. The van der Waals surface area contributed by atoms with E-state index in [0.29, 0.717) is 29.5 Å². The molecule has 0 spiro atoms. The number of hydrogen-bond acceptors (Lipinski definition) is 4. The second-order valence-electron chi connectivity index (χ2n) is 5.78. The number of carbonyl (C=O) groups is 2. The third-order valence-electron chi connectivity index (χ3n) is 4.02. The lowest BCUT2D eigenvalue weighted by Crippen LogP contribution is -2.44. The summed E-state index contributed by atoms with van der Waals surface area (Å²) < 4.78 is 0. The largest absolute Gasteiger partial charge is 0.368 e. The molecule has 6 nitrogen and oxygen atoms in total. The molecule has 2 N–H and O–H groups in total. The lowest BCUT2D eigenvalue weighted by Gasteiger charge is -2.22. The van der Waals surface area contributed by atoms with Crippen LogP contribution in [0.3, 0.4) is 0 Å². The van der Waals surface area contributed by atoms with Crippen molar-refractivity contribution in [1.29, 1.82) is 0 Å². The van der Waals surface area contributed by atoms with Gasteiger partial charge in [0.2, 0.25) is 5.91 Å². The van der Waals surface area contributed by atoms with Crippen molar-refractivity contribution in [3.05, 3.63) is 46.7 Å². The molecule has 2 aromatic rings. The topological polar surface area (TPSA) is 89.2 Å². The van der Waals surface area contributed by atoms with E-state index in [0.717, 1.165) is 12.0 Å². The Bertz CT molecular complexity index is 792. The molecule has 1 aliphatic rings. The van der Waals surface area contributed by atoms with Gasteiger partial charge in [0.05, 0.1) is 0 Å². The second-order valence-corrected chi connectivity index (χ2v) is 6.22. The number of primary amides is 1. The van der Waals surface area contributed by atoms with E-state index in [1.807, 2.05) is 0 Å². The summed E-state index contributed by atoms with van der Waals surface area (Å²) in [6.07, 6.45) is 1.35. The van der Waals surface area contributed by atoms with Crippen LogP contribution in [0.25, 0.3) is 11.4 Å². The van der Waals surface area contributed by atoms with Crippen LogP contribution >= 0.6 is 11.6 Å². The number of carbonyl (C=O) groups excluding carboxylic acids is 2. The van der Waals surface area contributed by atoms with Crippen LogP contribution in [0.5, 0.6) is 0 Å². The molecule has 1 saturated heterocycles. The first kappa shape index (κ1) is 16.4. The van der Waals surface area contributed by atoms with Gasteiger partial charge in [-0.15, -0.1) is 0 Å². The number of amides is 2. The van der Waals surface area contributed by atoms with Crippen molar-refractivity contribution in [3.8, 4) is 11.4 Å². The molecule has 0 unspecified atom stereocenters. The van der Waals surface area contributed by atoms with Gasteiger partial charge in [-0.2, -0.15) is 0 Å². The molecule has 1 aromatic heterocycles. The van der Waals surface area contributed by atoms with Crippen molar-refractivity contribution in [2.45, 2.75) is 25.8 Å². The molecule has 3 rings (SSSR count). The summed E-state index contributed by atoms with van der Waals surface area (Å²) in [7, 11) is 0. The first-order valence-corrected chi connectivity index (χ1v) is 8.05. The summed E-state index contributed by atoms with van der Waals surface area (Å²) in [4.78, 5) is 34.5. The maximum absolute atomic E-state index is 12.8. The summed E-state index contributed by atoms with van der Waals surface area (Å²) >= 11 is 5.90. The van der Waals surface area contributed by atoms with E-state index in [-0.39, 0.29) is 11.6 Å². The van der Waals surface area contributed by atoms with E-state index in [1.54, 1.807) is 37.3 Å². The number of hydrogen-bond donors (Lipinski definition) is 1. The summed E-state index contributed by atoms with van der Waals surface area (Å²) in [5.41, 5.74) is 7.10. The number of nitrogens with zero attached hydrogens (tertiary/aromatic N) is 3. The van der Waals surface area contributed by atoms with Crippen molar-refractivity contribution >= 4 is 23.4 Å². The van der Waals surface area contributed by atoms with Gasteiger partial charge in [-0.3, -0.25) is 9.59 Å². The molecular formula is C17H17ClN4O2. The zero-order chi connectivity index (χ0) is 17.3. The number of benzene rings is 1. The van der Waals surface area contributed by atoms with Crippen LogP contribution in [-0.2, 0) is 4.79 Å². The van der Waals surface area contributed by atoms with Gasteiger partial charge in [0.1, 0.15) is 11.7 Å². The molecule has 0 saturated carbocycles. The monoisotopic (exact) mass is 344 g/mol. The molecule has 1 fully saturated rings. The third kappa shape index (κ3) is 3.23. The molecule has 124 valence electrons. The third-order valence-corrected chi connectivity index (χ3v) is 4.27. The average molecular weight is 345 g/mol. The van der Waals surface area contributed by atoms with Gasteiger partial charge in [0.25, 0.3) is 5.91 Å². The smallest absolute Gasteiger partial charge is 0.273 e.